The van der Waals surface area contributed by atoms with Crippen LogP contribution in [0.4, 0.5) is 5.82 Å². The molecule has 22 heavy (non-hydrogen) atoms. The standard InChI is InChI=1S/C15H27N5O2/c1-3-18(2)5-4-6-19-7-8-20(11-13(21)10-19)14-9-15(22)17-12-16-14/h9,12-13,21H,3-8,10-11H2,1-2H3,(H,16,17,22). The number of nitrogens with one attached hydrogen (secondary N) is 1. The molecule has 1 saturated heterocycles. The van der Waals surface area contributed by atoms with E-state index in [1.54, 1.807) is 0 Å². The van der Waals surface area contributed by atoms with E-state index in [0.29, 0.717) is 18.9 Å². The lowest BCUT2D eigenvalue weighted by Crippen LogP contribution is -2.35. The number of hydrogen-bond donors (Lipinski definition) is 2. The van der Waals surface area contributed by atoms with Gasteiger partial charge in [0.05, 0.1) is 12.4 Å². The summed E-state index contributed by atoms with van der Waals surface area (Å²) in [4.78, 5) is 24.7. The fourth-order valence-electron chi connectivity index (χ4n) is 2.72. The second kappa shape index (κ2) is 8.26. The van der Waals surface area contributed by atoms with Crippen LogP contribution < -0.4 is 10.5 Å². The summed E-state index contributed by atoms with van der Waals surface area (Å²) in [5.74, 6) is 0.635. The van der Waals surface area contributed by atoms with Crippen LogP contribution >= 0.6 is 0 Å². The molecule has 1 unspecified atom stereocenters. The molecule has 0 radical (unpaired) electrons. The van der Waals surface area contributed by atoms with Crippen molar-refractivity contribution in [2.75, 3.05) is 57.8 Å². The van der Waals surface area contributed by atoms with Gasteiger partial charge in [0.1, 0.15) is 5.82 Å². The maximum Gasteiger partial charge on any atom is 0.252 e. The Morgan fingerprint density at radius 3 is 3.00 bits per heavy atom. The van der Waals surface area contributed by atoms with E-state index in [4.69, 9.17) is 0 Å². The first-order valence-corrected chi connectivity index (χ1v) is 7.97. The highest BCUT2D eigenvalue weighted by Gasteiger charge is 2.22. The first-order chi connectivity index (χ1) is 10.6. The molecule has 0 aliphatic carbocycles. The zero-order chi connectivity index (χ0) is 15.9. The second-order valence-electron chi connectivity index (χ2n) is 5.92. The average molecular weight is 309 g/mol. The van der Waals surface area contributed by atoms with Crippen molar-refractivity contribution in [2.24, 2.45) is 0 Å². The minimum atomic E-state index is -0.424. The molecule has 124 valence electrons. The van der Waals surface area contributed by atoms with Gasteiger partial charge >= 0.3 is 0 Å². The molecule has 2 heterocycles. The highest BCUT2D eigenvalue weighted by atomic mass is 16.3. The number of H-pyrrole nitrogens is 1. The van der Waals surface area contributed by atoms with Crippen molar-refractivity contribution in [1.82, 2.24) is 19.8 Å². The van der Waals surface area contributed by atoms with Crippen LogP contribution in [-0.2, 0) is 0 Å². The normalized spacial score (nSPS) is 20.4. The zero-order valence-electron chi connectivity index (χ0n) is 13.5. The van der Waals surface area contributed by atoms with Crippen LogP contribution in [0.3, 0.4) is 0 Å². The molecule has 2 N–H and O–H groups in total. The molecule has 0 aromatic carbocycles. The van der Waals surface area contributed by atoms with E-state index in [9.17, 15) is 9.90 Å². The first-order valence-electron chi connectivity index (χ1n) is 7.97. The van der Waals surface area contributed by atoms with Gasteiger partial charge in [0.25, 0.3) is 5.56 Å². The molecule has 0 bridgehead atoms. The van der Waals surface area contributed by atoms with Gasteiger partial charge in [0.2, 0.25) is 0 Å². The number of aliphatic hydroxyl groups is 1. The Kier molecular flexibility index (Phi) is 6.35. The minimum absolute atomic E-state index is 0.164. The predicted molar refractivity (Wildman–Crippen MR) is 87.3 cm³/mol. The molecule has 1 aromatic rings. The molecule has 2 rings (SSSR count). The van der Waals surface area contributed by atoms with Crippen LogP contribution in [0.25, 0.3) is 0 Å². The molecular formula is C15H27N5O2. The Labute approximate surface area is 131 Å². The Morgan fingerprint density at radius 1 is 1.45 bits per heavy atom. The van der Waals surface area contributed by atoms with Gasteiger partial charge in [-0.25, -0.2) is 4.98 Å². The molecule has 7 nitrogen and oxygen atoms in total. The van der Waals surface area contributed by atoms with E-state index in [-0.39, 0.29) is 5.56 Å². The van der Waals surface area contributed by atoms with E-state index in [0.717, 1.165) is 39.1 Å². The van der Waals surface area contributed by atoms with Crippen molar-refractivity contribution in [3.05, 3.63) is 22.7 Å². The monoisotopic (exact) mass is 309 g/mol. The van der Waals surface area contributed by atoms with E-state index in [1.807, 2.05) is 4.90 Å². The average Bonchev–Trinajstić information content (AvgIpc) is 2.68. The highest BCUT2D eigenvalue weighted by molar-refractivity contribution is 5.37. The molecule has 0 amide bonds. The quantitative estimate of drug-likeness (QED) is 0.744. The summed E-state index contributed by atoms with van der Waals surface area (Å²) in [7, 11) is 2.12. The Morgan fingerprint density at radius 2 is 2.27 bits per heavy atom. The van der Waals surface area contributed by atoms with Gasteiger partial charge in [-0.1, -0.05) is 6.92 Å². The van der Waals surface area contributed by atoms with Crippen LogP contribution in [0, 0.1) is 0 Å². The maximum absolute atomic E-state index is 11.4. The lowest BCUT2D eigenvalue weighted by Gasteiger charge is -2.23. The summed E-state index contributed by atoms with van der Waals surface area (Å²) in [6.45, 7) is 8.11. The third-order valence-corrected chi connectivity index (χ3v) is 4.13. The molecule has 1 aromatic heterocycles. The van der Waals surface area contributed by atoms with Crippen molar-refractivity contribution >= 4 is 5.82 Å². The molecule has 0 spiro atoms. The lowest BCUT2D eigenvalue weighted by atomic mass is 10.3. The molecular weight excluding hydrogens is 282 g/mol. The number of rotatable bonds is 6. The van der Waals surface area contributed by atoms with E-state index in [1.165, 1.54) is 12.4 Å². The van der Waals surface area contributed by atoms with Crippen LogP contribution in [-0.4, -0.2) is 83.8 Å². The summed E-state index contributed by atoms with van der Waals surface area (Å²) >= 11 is 0. The predicted octanol–water partition coefficient (Wildman–Crippen LogP) is -0.405. The van der Waals surface area contributed by atoms with Crippen molar-refractivity contribution in [3.63, 3.8) is 0 Å². The van der Waals surface area contributed by atoms with Gasteiger partial charge in [-0.15, -0.1) is 0 Å². The number of aromatic nitrogens is 2. The van der Waals surface area contributed by atoms with Crippen LogP contribution in [0.1, 0.15) is 13.3 Å². The highest BCUT2D eigenvalue weighted by Crippen LogP contribution is 2.11. The SMILES string of the molecule is CCN(C)CCCN1CCN(c2cc(=O)[nH]cn2)CC(O)C1. The third kappa shape index (κ3) is 5.08. The van der Waals surface area contributed by atoms with E-state index in [2.05, 4.69) is 33.7 Å². The Bertz CT molecular complexity index is 507. The largest absolute Gasteiger partial charge is 0.390 e. The number of nitrogens with zero attached hydrogens (tertiary/aromatic N) is 4. The number of β-amino-alcohol motifs (C(OH)–C–C–N with tert-alkyl or cyclic N) is 1. The van der Waals surface area contributed by atoms with Crippen molar-refractivity contribution in [3.8, 4) is 0 Å². The van der Waals surface area contributed by atoms with E-state index < -0.39 is 6.10 Å². The summed E-state index contributed by atoms with van der Waals surface area (Å²) in [5.41, 5.74) is -0.164. The van der Waals surface area contributed by atoms with Crippen LogP contribution in [0.15, 0.2) is 17.2 Å². The summed E-state index contributed by atoms with van der Waals surface area (Å²) in [6.07, 6.45) is 2.08. The van der Waals surface area contributed by atoms with Gasteiger partial charge < -0.3 is 19.9 Å². The third-order valence-electron chi connectivity index (χ3n) is 4.13. The van der Waals surface area contributed by atoms with Crippen molar-refractivity contribution < 1.29 is 5.11 Å². The molecule has 1 fully saturated rings. The van der Waals surface area contributed by atoms with Gasteiger partial charge in [-0.05, 0) is 33.1 Å². The summed E-state index contributed by atoms with van der Waals surface area (Å²) in [5, 5.41) is 10.2. The van der Waals surface area contributed by atoms with E-state index >= 15 is 0 Å². The first kappa shape index (κ1) is 16.9. The van der Waals surface area contributed by atoms with Gasteiger partial charge in [0.15, 0.2) is 0 Å². The molecule has 1 aliphatic rings. The Balaban J connectivity index is 1.88. The fourth-order valence-corrected chi connectivity index (χ4v) is 2.72. The van der Waals surface area contributed by atoms with Gasteiger partial charge in [-0.3, -0.25) is 9.69 Å². The van der Waals surface area contributed by atoms with Gasteiger partial charge in [-0.2, -0.15) is 0 Å². The number of hydrogen-bond acceptors (Lipinski definition) is 6. The van der Waals surface area contributed by atoms with Crippen molar-refractivity contribution in [1.29, 1.82) is 0 Å². The zero-order valence-corrected chi connectivity index (χ0v) is 13.5. The number of aliphatic hydroxyl groups excluding tert-OH is 1. The maximum atomic E-state index is 11.4. The van der Waals surface area contributed by atoms with Gasteiger partial charge in [0, 0.05) is 32.2 Å². The number of aromatic amines is 1. The van der Waals surface area contributed by atoms with Crippen LogP contribution in [0.2, 0.25) is 0 Å². The number of anilines is 1. The Hall–Kier alpha value is -1.44. The fraction of sp³-hybridized carbons (Fsp3) is 0.733. The second-order valence-corrected chi connectivity index (χ2v) is 5.92. The molecule has 7 heteroatoms. The summed E-state index contributed by atoms with van der Waals surface area (Å²) in [6, 6.07) is 1.48. The molecule has 1 atom stereocenters. The minimum Gasteiger partial charge on any atom is -0.390 e. The van der Waals surface area contributed by atoms with Crippen molar-refractivity contribution in [2.45, 2.75) is 19.4 Å². The molecule has 1 aliphatic heterocycles. The lowest BCUT2D eigenvalue weighted by molar-refractivity contribution is 0.130. The topological polar surface area (TPSA) is 75.7 Å². The van der Waals surface area contributed by atoms with Crippen LogP contribution in [0.5, 0.6) is 0 Å². The smallest absolute Gasteiger partial charge is 0.252 e. The molecule has 0 saturated carbocycles. The summed E-state index contributed by atoms with van der Waals surface area (Å²) < 4.78 is 0.